The SMILES string of the molecule is CCc1ccc(Cc2cc([C@@H]3O[C@]4(CCCO4)[C@@H](O)[C@H](O)[C@H]3O)ccc2C)cc1. The summed E-state index contributed by atoms with van der Waals surface area (Å²) in [5, 5.41) is 31.5. The number of rotatable bonds is 4. The van der Waals surface area contributed by atoms with Crippen molar-refractivity contribution < 1.29 is 24.8 Å². The highest BCUT2D eigenvalue weighted by atomic mass is 16.7. The molecule has 2 aromatic carbocycles. The van der Waals surface area contributed by atoms with E-state index in [0.29, 0.717) is 13.0 Å². The summed E-state index contributed by atoms with van der Waals surface area (Å²) < 4.78 is 11.8. The van der Waals surface area contributed by atoms with Crippen LogP contribution in [-0.2, 0) is 22.3 Å². The fourth-order valence-corrected chi connectivity index (χ4v) is 4.38. The monoisotopic (exact) mass is 398 g/mol. The lowest BCUT2D eigenvalue weighted by molar-refractivity contribution is -0.349. The van der Waals surface area contributed by atoms with E-state index >= 15 is 0 Å². The van der Waals surface area contributed by atoms with Crippen molar-refractivity contribution >= 4 is 0 Å². The lowest BCUT2D eigenvalue weighted by Gasteiger charge is -2.46. The van der Waals surface area contributed by atoms with Crippen molar-refractivity contribution in [2.75, 3.05) is 6.61 Å². The van der Waals surface area contributed by atoms with Crippen LogP contribution in [-0.4, -0.2) is 46.0 Å². The third kappa shape index (κ3) is 3.86. The van der Waals surface area contributed by atoms with E-state index in [9.17, 15) is 15.3 Å². The normalized spacial score (nSPS) is 32.0. The maximum absolute atomic E-state index is 10.6. The molecule has 5 nitrogen and oxygen atoms in total. The minimum atomic E-state index is -1.32. The topological polar surface area (TPSA) is 79.2 Å². The van der Waals surface area contributed by atoms with E-state index in [1.165, 1.54) is 11.1 Å². The number of aliphatic hydroxyl groups is 3. The maximum atomic E-state index is 10.6. The van der Waals surface area contributed by atoms with Crippen LogP contribution in [0.3, 0.4) is 0 Å². The van der Waals surface area contributed by atoms with Crippen LogP contribution in [0.15, 0.2) is 42.5 Å². The summed E-state index contributed by atoms with van der Waals surface area (Å²) in [4.78, 5) is 0. The van der Waals surface area contributed by atoms with Crippen LogP contribution in [0.1, 0.15) is 53.7 Å². The second kappa shape index (κ2) is 8.17. The van der Waals surface area contributed by atoms with E-state index in [2.05, 4.69) is 38.1 Å². The highest BCUT2D eigenvalue weighted by molar-refractivity contribution is 5.37. The maximum Gasteiger partial charge on any atom is 0.197 e. The van der Waals surface area contributed by atoms with Crippen LogP contribution in [0.4, 0.5) is 0 Å². The summed E-state index contributed by atoms with van der Waals surface area (Å²) in [6.07, 6.45) is -1.52. The Morgan fingerprint density at radius 2 is 1.72 bits per heavy atom. The molecule has 3 N–H and O–H groups in total. The molecule has 2 fully saturated rings. The van der Waals surface area contributed by atoms with Gasteiger partial charge in [-0.25, -0.2) is 0 Å². The zero-order chi connectivity index (χ0) is 20.6. The molecule has 0 amide bonds. The van der Waals surface area contributed by atoms with Crippen LogP contribution in [0.25, 0.3) is 0 Å². The molecule has 0 unspecified atom stereocenters. The van der Waals surface area contributed by atoms with Gasteiger partial charge in [0.25, 0.3) is 0 Å². The highest BCUT2D eigenvalue weighted by Crippen LogP contribution is 2.44. The quantitative estimate of drug-likeness (QED) is 0.738. The van der Waals surface area contributed by atoms with Gasteiger partial charge in [0, 0.05) is 6.42 Å². The van der Waals surface area contributed by atoms with Gasteiger partial charge in [0.15, 0.2) is 5.79 Å². The third-order valence-corrected chi connectivity index (χ3v) is 6.30. The predicted octanol–water partition coefficient (Wildman–Crippen LogP) is 2.81. The standard InChI is InChI=1S/C24H30O5/c1-3-16-6-8-17(9-7-16)13-19-14-18(10-5-15(19)2)22-20(25)21(26)23(27)24(29-22)11-4-12-28-24/h5-10,14,20-23,25-27H,3-4,11-13H2,1-2H3/t20-,21-,22+,23+,24-/m1/s1. The molecular weight excluding hydrogens is 368 g/mol. The third-order valence-electron chi connectivity index (χ3n) is 6.30. The molecule has 0 aromatic heterocycles. The predicted molar refractivity (Wildman–Crippen MR) is 110 cm³/mol. The van der Waals surface area contributed by atoms with Crippen LogP contribution in [0.2, 0.25) is 0 Å². The summed E-state index contributed by atoms with van der Waals surface area (Å²) in [6, 6.07) is 14.6. The van der Waals surface area contributed by atoms with Crippen LogP contribution < -0.4 is 0 Å². The first-order valence-electron chi connectivity index (χ1n) is 10.5. The molecule has 4 rings (SSSR count). The lowest BCUT2D eigenvalue weighted by Crippen LogP contribution is -2.61. The molecule has 0 aliphatic carbocycles. The number of hydrogen-bond donors (Lipinski definition) is 3. The van der Waals surface area contributed by atoms with Gasteiger partial charge in [0.05, 0.1) is 6.61 Å². The van der Waals surface area contributed by atoms with Gasteiger partial charge in [-0.05, 0) is 54.0 Å². The zero-order valence-electron chi connectivity index (χ0n) is 17.0. The largest absolute Gasteiger partial charge is 0.387 e. The Bertz CT molecular complexity index is 841. The summed E-state index contributed by atoms with van der Waals surface area (Å²) in [7, 11) is 0. The fraction of sp³-hybridized carbons (Fsp3) is 0.500. The van der Waals surface area contributed by atoms with Crippen molar-refractivity contribution in [3.8, 4) is 0 Å². The van der Waals surface area contributed by atoms with Crippen LogP contribution in [0, 0.1) is 6.92 Å². The second-order valence-corrected chi connectivity index (χ2v) is 8.26. The molecular formula is C24H30O5. The Hall–Kier alpha value is -1.76. The van der Waals surface area contributed by atoms with Crippen LogP contribution in [0.5, 0.6) is 0 Å². The van der Waals surface area contributed by atoms with Crippen molar-refractivity contribution in [2.45, 2.75) is 69.7 Å². The first kappa shape index (κ1) is 20.5. The number of benzene rings is 2. The number of ether oxygens (including phenoxy) is 2. The average Bonchev–Trinajstić information content (AvgIpc) is 3.21. The average molecular weight is 398 g/mol. The van der Waals surface area contributed by atoms with Gasteiger partial charge in [-0.3, -0.25) is 0 Å². The fourth-order valence-electron chi connectivity index (χ4n) is 4.38. The minimum Gasteiger partial charge on any atom is -0.387 e. The molecule has 29 heavy (non-hydrogen) atoms. The van der Waals surface area contributed by atoms with Gasteiger partial charge >= 0.3 is 0 Å². The zero-order valence-corrected chi connectivity index (χ0v) is 17.0. The minimum absolute atomic E-state index is 0.472. The summed E-state index contributed by atoms with van der Waals surface area (Å²) in [5.41, 5.74) is 5.62. The van der Waals surface area contributed by atoms with Gasteiger partial charge in [-0.15, -0.1) is 0 Å². The molecule has 0 bridgehead atoms. The van der Waals surface area contributed by atoms with Crippen molar-refractivity contribution in [1.82, 2.24) is 0 Å². The second-order valence-electron chi connectivity index (χ2n) is 8.26. The molecule has 2 aliphatic rings. The smallest absolute Gasteiger partial charge is 0.197 e. The Labute approximate surface area is 171 Å². The van der Waals surface area contributed by atoms with Gasteiger partial charge in [0.1, 0.15) is 24.4 Å². The highest BCUT2D eigenvalue weighted by Gasteiger charge is 2.56. The Morgan fingerprint density at radius 3 is 2.38 bits per heavy atom. The summed E-state index contributed by atoms with van der Waals surface area (Å²) in [6.45, 7) is 4.68. The number of hydrogen-bond acceptors (Lipinski definition) is 5. The molecule has 2 saturated heterocycles. The van der Waals surface area contributed by atoms with Crippen molar-refractivity contribution in [3.05, 3.63) is 70.3 Å². The summed E-state index contributed by atoms with van der Waals surface area (Å²) in [5.74, 6) is -1.25. The van der Waals surface area contributed by atoms with E-state index in [-0.39, 0.29) is 0 Å². The Morgan fingerprint density at radius 1 is 1.00 bits per heavy atom. The molecule has 2 aromatic rings. The molecule has 156 valence electrons. The molecule has 2 heterocycles. The van der Waals surface area contributed by atoms with E-state index in [1.807, 2.05) is 18.2 Å². The molecule has 1 spiro atoms. The van der Waals surface area contributed by atoms with Crippen molar-refractivity contribution in [2.24, 2.45) is 0 Å². The first-order chi connectivity index (χ1) is 13.9. The molecule has 0 radical (unpaired) electrons. The Balaban J connectivity index is 1.61. The van der Waals surface area contributed by atoms with E-state index in [0.717, 1.165) is 36.0 Å². The van der Waals surface area contributed by atoms with Crippen LogP contribution >= 0.6 is 0 Å². The Kier molecular flexibility index (Phi) is 5.78. The van der Waals surface area contributed by atoms with E-state index < -0.39 is 30.2 Å². The number of aliphatic hydroxyl groups excluding tert-OH is 3. The first-order valence-corrected chi connectivity index (χ1v) is 10.5. The molecule has 5 atom stereocenters. The van der Waals surface area contributed by atoms with Gasteiger partial charge in [0.2, 0.25) is 0 Å². The molecule has 0 saturated carbocycles. The molecule has 2 aliphatic heterocycles. The molecule has 5 heteroatoms. The van der Waals surface area contributed by atoms with Gasteiger partial charge in [-0.2, -0.15) is 0 Å². The van der Waals surface area contributed by atoms with E-state index in [1.54, 1.807) is 0 Å². The number of aryl methyl sites for hydroxylation is 2. The van der Waals surface area contributed by atoms with Gasteiger partial charge < -0.3 is 24.8 Å². The van der Waals surface area contributed by atoms with Crippen molar-refractivity contribution in [1.29, 1.82) is 0 Å². The summed E-state index contributed by atoms with van der Waals surface area (Å²) >= 11 is 0. The van der Waals surface area contributed by atoms with Gasteiger partial charge in [-0.1, -0.05) is 49.4 Å². The van der Waals surface area contributed by atoms with Crippen molar-refractivity contribution in [3.63, 3.8) is 0 Å². The van der Waals surface area contributed by atoms with E-state index in [4.69, 9.17) is 9.47 Å². The lowest BCUT2D eigenvalue weighted by atomic mass is 9.86.